The van der Waals surface area contributed by atoms with Crippen molar-refractivity contribution in [3.05, 3.63) is 34.9 Å². The van der Waals surface area contributed by atoms with Gasteiger partial charge in [-0.25, -0.2) is 0 Å². The summed E-state index contributed by atoms with van der Waals surface area (Å²) in [4.78, 5) is 27.5. The summed E-state index contributed by atoms with van der Waals surface area (Å²) >= 11 is 6.01. The van der Waals surface area contributed by atoms with E-state index in [4.69, 9.17) is 25.8 Å². The lowest BCUT2D eigenvalue weighted by Gasteiger charge is -2.51. The van der Waals surface area contributed by atoms with E-state index in [0.29, 0.717) is 44.4 Å². The topological polar surface area (TPSA) is 97.3 Å². The zero-order chi connectivity index (χ0) is 25.4. The number of likely N-dealkylation sites (tertiary alicyclic amines) is 1. The van der Waals surface area contributed by atoms with Crippen LogP contribution < -0.4 is 5.32 Å². The third kappa shape index (κ3) is 7.39. The number of aliphatic hydroxyl groups is 1. The number of halogens is 1. The molecule has 0 unspecified atom stereocenters. The van der Waals surface area contributed by atoms with Crippen molar-refractivity contribution in [2.45, 2.75) is 45.8 Å². The largest absolute Gasteiger partial charge is 0.384 e. The van der Waals surface area contributed by atoms with Crippen LogP contribution in [0.25, 0.3) is 0 Å². The number of nitrogens with one attached hydrogen (secondary N) is 1. The lowest BCUT2D eigenvalue weighted by molar-refractivity contribution is -0.157. The van der Waals surface area contributed by atoms with Gasteiger partial charge in [0.1, 0.15) is 12.6 Å². The standard InChI is InChI=1S/C25H39ClN2O6/c1-18(2)22(27-21(29)16-34-15-14-33-13-12-32-5)23(30)28-11-10-25(31,24(3,4)17-28)19-6-8-20(26)9-7-19/h6-9,18,22,31H,10-17H2,1-5H3,(H,27,29)/t22-,25+/m1/s1. The van der Waals surface area contributed by atoms with Gasteiger partial charge in [0.25, 0.3) is 0 Å². The van der Waals surface area contributed by atoms with Crippen LogP contribution in [-0.2, 0) is 29.4 Å². The summed E-state index contributed by atoms with van der Waals surface area (Å²) in [5.74, 6) is -0.607. The molecule has 1 aliphatic heterocycles. The molecule has 2 rings (SSSR count). The highest BCUT2D eigenvalue weighted by Gasteiger charge is 2.50. The molecule has 0 spiro atoms. The summed E-state index contributed by atoms with van der Waals surface area (Å²) in [6.07, 6.45) is 0.387. The van der Waals surface area contributed by atoms with Crippen LogP contribution in [0.1, 0.15) is 39.7 Å². The van der Waals surface area contributed by atoms with E-state index in [1.54, 1.807) is 24.1 Å². The average Bonchev–Trinajstić information content (AvgIpc) is 2.78. The van der Waals surface area contributed by atoms with Crippen molar-refractivity contribution in [2.24, 2.45) is 11.3 Å². The van der Waals surface area contributed by atoms with E-state index in [-0.39, 0.29) is 30.9 Å². The van der Waals surface area contributed by atoms with E-state index in [1.165, 1.54) is 0 Å². The molecule has 2 N–H and O–H groups in total. The summed E-state index contributed by atoms with van der Waals surface area (Å²) < 4.78 is 15.5. The molecule has 0 bridgehead atoms. The Balaban J connectivity index is 1.94. The molecule has 1 aromatic rings. The van der Waals surface area contributed by atoms with Gasteiger partial charge in [0, 0.05) is 30.6 Å². The Bertz CT molecular complexity index is 801. The van der Waals surface area contributed by atoms with Gasteiger partial charge in [-0.3, -0.25) is 9.59 Å². The van der Waals surface area contributed by atoms with Crippen molar-refractivity contribution >= 4 is 23.4 Å². The lowest BCUT2D eigenvalue weighted by Crippen LogP contribution is -2.60. The van der Waals surface area contributed by atoms with Crippen LogP contribution in [0, 0.1) is 11.3 Å². The summed E-state index contributed by atoms with van der Waals surface area (Å²) in [5.41, 5.74) is -0.915. The van der Waals surface area contributed by atoms with Crippen LogP contribution in [0.3, 0.4) is 0 Å². The van der Waals surface area contributed by atoms with Crippen LogP contribution in [0.5, 0.6) is 0 Å². The van der Waals surface area contributed by atoms with Gasteiger partial charge in [-0.2, -0.15) is 0 Å². The fraction of sp³-hybridized carbons (Fsp3) is 0.680. The maximum Gasteiger partial charge on any atom is 0.246 e. The quantitative estimate of drug-likeness (QED) is 0.430. The molecule has 2 amide bonds. The van der Waals surface area contributed by atoms with E-state index in [9.17, 15) is 14.7 Å². The highest BCUT2D eigenvalue weighted by molar-refractivity contribution is 6.30. The van der Waals surface area contributed by atoms with Gasteiger partial charge in [0.15, 0.2) is 0 Å². The van der Waals surface area contributed by atoms with Crippen LogP contribution in [0.15, 0.2) is 24.3 Å². The molecular formula is C25H39ClN2O6. The molecular weight excluding hydrogens is 460 g/mol. The Morgan fingerprint density at radius 2 is 1.74 bits per heavy atom. The molecule has 1 aliphatic rings. The molecule has 1 aromatic carbocycles. The Kier molecular flexibility index (Phi) is 10.8. The Labute approximate surface area is 207 Å². The molecule has 1 saturated heterocycles. The molecule has 0 aliphatic carbocycles. The number of piperidine rings is 1. The van der Waals surface area contributed by atoms with Gasteiger partial charge in [0.05, 0.1) is 32.0 Å². The minimum absolute atomic E-state index is 0.103. The van der Waals surface area contributed by atoms with Gasteiger partial charge >= 0.3 is 0 Å². The summed E-state index contributed by atoms with van der Waals surface area (Å²) in [6.45, 7) is 9.90. The van der Waals surface area contributed by atoms with Crippen LogP contribution in [0.2, 0.25) is 5.02 Å². The number of hydrogen-bond donors (Lipinski definition) is 2. The molecule has 34 heavy (non-hydrogen) atoms. The second-order valence-electron chi connectivity index (χ2n) is 9.71. The second-order valence-corrected chi connectivity index (χ2v) is 10.1. The Morgan fingerprint density at radius 3 is 2.32 bits per heavy atom. The minimum atomic E-state index is -1.09. The van der Waals surface area contributed by atoms with Crippen molar-refractivity contribution in [1.82, 2.24) is 10.2 Å². The number of amides is 2. The normalized spacial score (nSPS) is 20.9. The molecule has 0 saturated carbocycles. The average molecular weight is 499 g/mol. The van der Waals surface area contributed by atoms with Crippen molar-refractivity contribution in [3.8, 4) is 0 Å². The maximum atomic E-state index is 13.4. The van der Waals surface area contributed by atoms with Crippen molar-refractivity contribution in [3.63, 3.8) is 0 Å². The number of rotatable bonds is 12. The lowest BCUT2D eigenvalue weighted by atomic mass is 9.66. The van der Waals surface area contributed by atoms with Crippen molar-refractivity contribution in [1.29, 1.82) is 0 Å². The first-order chi connectivity index (χ1) is 16.0. The molecule has 8 nitrogen and oxygen atoms in total. The third-order valence-electron chi connectivity index (χ3n) is 6.37. The number of ether oxygens (including phenoxy) is 3. The van der Waals surface area contributed by atoms with Gasteiger partial charge in [-0.05, 0) is 30.0 Å². The molecule has 0 aromatic heterocycles. The molecule has 1 heterocycles. The van der Waals surface area contributed by atoms with E-state index < -0.39 is 17.1 Å². The summed E-state index contributed by atoms with van der Waals surface area (Å²) in [5, 5.41) is 15.0. The van der Waals surface area contributed by atoms with Gasteiger partial charge < -0.3 is 29.5 Å². The first-order valence-electron chi connectivity index (χ1n) is 11.7. The number of carbonyl (C=O) groups is 2. The van der Waals surface area contributed by atoms with Gasteiger partial charge in [-0.1, -0.05) is 51.4 Å². The number of carbonyl (C=O) groups excluding carboxylic acids is 2. The van der Waals surface area contributed by atoms with E-state index >= 15 is 0 Å². The molecule has 192 valence electrons. The van der Waals surface area contributed by atoms with E-state index in [1.807, 2.05) is 39.8 Å². The van der Waals surface area contributed by atoms with Crippen LogP contribution >= 0.6 is 11.6 Å². The molecule has 2 atom stereocenters. The molecule has 9 heteroatoms. The number of hydrogen-bond acceptors (Lipinski definition) is 6. The first-order valence-corrected chi connectivity index (χ1v) is 12.1. The zero-order valence-electron chi connectivity index (χ0n) is 20.9. The minimum Gasteiger partial charge on any atom is -0.384 e. The number of nitrogens with zero attached hydrogens (tertiary/aromatic N) is 1. The second kappa shape index (κ2) is 12.8. The van der Waals surface area contributed by atoms with Gasteiger partial charge in [-0.15, -0.1) is 0 Å². The first kappa shape index (κ1) is 28.5. The highest BCUT2D eigenvalue weighted by Crippen LogP contribution is 2.46. The van der Waals surface area contributed by atoms with Crippen molar-refractivity contribution in [2.75, 3.05) is 53.2 Å². The number of benzene rings is 1. The van der Waals surface area contributed by atoms with Crippen LogP contribution in [-0.4, -0.2) is 81.1 Å². The Hall–Kier alpha value is -1.71. The summed E-state index contributed by atoms with van der Waals surface area (Å²) in [7, 11) is 1.60. The monoisotopic (exact) mass is 498 g/mol. The molecule has 0 radical (unpaired) electrons. The zero-order valence-corrected chi connectivity index (χ0v) is 21.7. The summed E-state index contributed by atoms with van der Waals surface area (Å²) in [6, 6.07) is 6.52. The SMILES string of the molecule is COCCOCCOCC(=O)N[C@@H](C(=O)N1CC[C@](O)(c2ccc(Cl)cc2)C(C)(C)C1)C(C)C. The van der Waals surface area contributed by atoms with Crippen LogP contribution in [0.4, 0.5) is 0 Å². The molecule has 1 fully saturated rings. The highest BCUT2D eigenvalue weighted by atomic mass is 35.5. The third-order valence-corrected chi connectivity index (χ3v) is 6.62. The van der Waals surface area contributed by atoms with Crippen molar-refractivity contribution < 1.29 is 28.9 Å². The van der Waals surface area contributed by atoms with E-state index in [0.717, 1.165) is 5.56 Å². The van der Waals surface area contributed by atoms with E-state index in [2.05, 4.69) is 5.32 Å². The smallest absolute Gasteiger partial charge is 0.246 e. The van der Waals surface area contributed by atoms with Gasteiger partial charge in [0.2, 0.25) is 11.8 Å². The Morgan fingerprint density at radius 1 is 1.12 bits per heavy atom. The predicted molar refractivity (Wildman–Crippen MR) is 131 cm³/mol. The predicted octanol–water partition coefficient (Wildman–Crippen LogP) is 2.61. The fourth-order valence-corrected chi connectivity index (χ4v) is 4.35. The fourth-order valence-electron chi connectivity index (χ4n) is 4.22. The number of methoxy groups -OCH3 is 1. The maximum absolute atomic E-state index is 13.4.